The second kappa shape index (κ2) is 5.48. The van der Waals surface area contributed by atoms with E-state index in [1.807, 2.05) is 18.2 Å². The SMILES string of the molecule is COC(=O)CCc1cccc2c1O[C@H]1C[C@@H](O)[C@H](C=O)[C@@H]21. The Morgan fingerprint density at radius 3 is 3.05 bits per heavy atom. The Bertz CT molecular complexity index is 568. The Morgan fingerprint density at radius 1 is 1.52 bits per heavy atom. The molecule has 0 spiro atoms. The zero-order valence-electron chi connectivity index (χ0n) is 11.8. The van der Waals surface area contributed by atoms with Crippen LogP contribution in [0.3, 0.4) is 0 Å². The van der Waals surface area contributed by atoms with Gasteiger partial charge in [0.2, 0.25) is 0 Å². The van der Waals surface area contributed by atoms with E-state index in [9.17, 15) is 14.7 Å². The highest BCUT2D eigenvalue weighted by molar-refractivity contribution is 5.70. The number of esters is 1. The van der Waals surface area contributed by atoms with E-state index in [2.05, 4.69) is 4.74 Å². The van der Waals surface area contributed by atoms with Crippen molar-refractivity contribution in [1.82, 2.24) is 0 Å². The molecule has 1 aliphatic heterocycles. The van der Waals surface area contributed by atoms with Crippen LogP contribution in [0.15, 0.2) is 18.2 Å². The molecule has 1 N–H and O–H groups in total. The largest absolute Gasteiger partial charge is 0.489 e. The third kappa shape index (κ3) is 2.31. The highest BCUT2D eigenvalue weighted by Crippen LogP contribution is 2.50. The Morgan fingerprint density at radius 2 is 2.33 bits per heavy atom. The van der Waals surface area contributed by atoms with Gasteiger partial charge in [0.25, 0.3) is 0 Å². The Balaban J connectivity index is 1.87. The number of aliphatic hydroxyl groups is 1. The van der Waals surface area contributed by atoms with Gasteiger partial charge in [0.05, 0.1) is 19.1 Å². The minimum atomic E-state index is -0.635. The van der Waals surface area contributed by atoms with Crippen LogP contribution < -0.4 is 4.74 Å². The number of aryl methyl sites for hydroxylation is 1. The number of ether oxygens (including phenoxy) is 2. The zero-order chi connectivity index (χ0) is 15.0. The number of carbonyl (C=O) groups excluding carboxylic acids is 2. The molecule has 0 saturated heterocycles. The molecule has 0 amide bonds. The second-order valence-electron chi connectivity index (χ2n) is 5.61. The lowest BCUT2D eigenvalue weighted by Crippen LogP contribution is -2.19. The molecule has 0 aromatic heterocycles. The number of hydrogen-bond acceptors (Lipinski definition) is 5. The molecule has 112 valence electrons. The molecule has 5 heteroatoms. The third-order valence-electron chi connectivity index (χ3n) is 4.47. The van der Waals surface area contributed by atoms with Crippen molar-refractivity contribution in [2.45, 2.75) is 37.4 Å². The van der Waals surface area contributed by atoms with E-state index in [4.69, 9.17) is 4.74 Å². The summed E-state index contributed by atoms with van der Waals surface area (Å²) in [6.07, 6.45) is 1.36. The summed E-state index contributed by atoms with van der Waals surface area (Å²) in [6.45, 7) is 0. The van der Waals surface area contributed by atoms with Crippen molar-refractivity contribution in [3.63, 3.8) is 0 Å². The summed E-state index contributed by atoms with van der Waals surface area (Å²) in [5.74, 6) is 0.0276. The fraction of sp³-hybridized carbons (Fsp3) is 0.500. The molecule has 0 bridgehead atoms. The van der Waals surface area contributed by atoms with Crippen LogP contribution >= 0.6 is 0 Å². The van der Waals surface area contributed by atoms with Crippen LogP contribution in [0.5, 0.6) is 5.75 Å². The smallest absolute Gasteiger partial charge is 0.305 e. The lowest BCUT2D eigenvalue weighted by Gasteiger charge is -2.14. The van der Waals surface area contributed by atoms with Crippen LogP contribution in [0, 0.1) is 5.92 Å². The molecule has 1 saturated carbocycles. The van der Waals surface area contributed by atoms with Crippen LogP contribution in [0.25, 0.3) is 0 Å². The number of rotatable bonds is 4. The number of para-hydroxylation sites is 1. The maximum Gasteiger partial charge on any atom is 0.305 e. The fourth-order valence-corrected chi connectivity index (χ4v) is 3.43. The lowest BCUT2D eigenvalue weighted by atomic mass is 9.88. The van der Waals surface area contributed by atoms with Crippen LogP contribution in [-0.4, -0.2) is 36.7 Å². The van der Waals surface area contributed by atoms with Crippen molar-refractivity contribution in [3.05, 3.63) is 29.3 Å². The van der Waals surface area contributed by atoms with Gasteiger partial charge in [-0.3, -0.25) is 4.79 Å². The summed E-state index contributed by atoms with van der Waals surface area (Å²) < 4.78 is 10.6. The minimum Gasteiger partial charge on any atom is -0.489 e. The normalized spacial score (nSPS) is 29.4. The molecule has 1 aromatic carbocycles. The van der Waals surface area contributed by atoms with Crippen LogP contribution in [0.2, 0.25) is 0 Å². The van der Waals surface area contributed by atoms with Gasteiger partial charge in [-0.15, -0.1) is 0 Å². The topological polar surface area (TPSA) is 72.8 Å². The number of aldehydes is 1. The van der Waals surface area contributed by atoms with Gasteiger partial charge in [0, 0.05) is 24.3 Å². The van der Waals surface area contributed by atoms with E-state index in [0.29, 0.717) is 19.3 Å². The number of benzene rings is 1. The highest BCUT2D eigenvalue weighted by atomic mass is 16.5. The number of carbonyl (C=O) groups is 2. The number of hydrogen-bond donors (Lipinski definition) is 1. The Labute approximate surface area is 122 Å². The van der Waals surface area contributed by atoms with Gasteiger partial charge in [0.1, 0.15) is 18.1 Å². The number of methoxy groups -OCH3 is 1. The molecule has 0 unspecified atom stereocenters. The van der Waals surface area contributed by atoms with Crippen LogP contribution in [0.1, 0.15) is 29.9 Å². The molecular weight excluding hydrogens is 272 g/mol. The minimum absolute atomic E-state index is 0.0782. The molecule has 1 aliphatic carbocycles. The van der Waals surface area contributed by atoms with Crippen molar-refractivity contribution >= 4 is 12.3 Å². The van der Waals surface area contributed by atoms with Gasteiger partial charge in [-0.2, -0.15) is 0 Å². The first kappa shape index (κ1) is 14.1. The van der Waals surface area contributed by atoms with E-state index < -0.39 is 12.0 Å². The van der Waals surface area contributed by atoms with Gasteiger partial charge in [0.15, 0.2) is 0 Å². The van der Waals surface area contributed by atoms with E-state index in [1.165, 1.54) is 7.11 Å². The second-order valence-corrected chi connectivity index (χ2v) is 5.61. The van der Waals surface area contributed by atoms with Crippen LogP contribution in [0.4, 0.5) is 0 Å². The standard InChI is InChI=1S/C16H18O5/c1-20-14(19)6-5-9-3-2-4-10-15-11(8-17)12(18)7-13(15)21-16(9)10/h2-4,8,11-13,15,18H,5-7H2,1H3/t11-,12+,13-,15+/m0/s1. The quantitative estimate of drug-likeness (QED) is 0.666. The summed E-state index contributed by atoms with van der Waals surface area (Å²) in [6, 6.07) is 5.77. The van der Waals surface area contributed by atoms with Crippen LogP contribution in [-0.2, 0) is 20.7 Å². The van der Waals surface area contributed by atoms with Gasteiger partial charge in [-0.25, -0.2) is 0 Å². The van der Waals surface area contributed by atoms with Gasteiger partial charge < -0.3 is 19.4 Å². The molecule has 0 radical (unpaired) electrons. The van der Waals surface area contributed by atoms with Crippen molar-refractivity contribution in [3.8, 4) is 5.75 Å². The average Bonchev–Trinajstić information content (AvgIpc) is 2.99. The summed E-state index contributed by atoms with van der Waals surface area (Å²) >= 11 is 0. The van der Waals surface area contributed by atoms with Gasteiger partial charge in [-0.05, 0) is 12.0 Å². The molecule has 5 nitrogen and oxygen atoms in total. The average molecular weight is 290 g/mol. The first-order chi connectivity index (χ1) is 10.2. The molecule has 4 atom stereocenters. The molecular formula is C16H18O5. The molecule has 3 rings (SSSR count). The maximum absolute atomic E-state index is 11.3. The summed E-state index contributed by atoms with van der Waals surface area (Å²) in [5, 5.41) is 9.93. The van der Waals surface area contributed by atoms with E-state index >= 15 is 0 Å². The van der Waals surface area contributed by atoms with Crippen molar-refractivity contribution in [1.29, 1.82) is 0 Å². The fourth-order valence-electron chi connectivity index (χ4n) is 3.43. The first-order valence-corrected chi connectivity index (χ1v) is 7.14. The predicted octanol–water partition coefficient (Wildman–Crippen LogP) is 1.22. The number of fused-ring (bicyclic) bond motifs is 3. The van der Waals surface area contributed by atoms with Crippen molar-refractivity contribution in [2.75, 3.05) is 7.11 Å². The monoisotopic (exact) mass is 290 g/mol. The lowest BCUT2D eigenvalue weighted by molar-refractivity contribution is -0.140. The molecule has 1 heterocycles. The molecule has 21 heavy (non-hydrogen) atoms. The Hall–Kier alpha value is -1.88. The molecule has 1 fully saturated rings. The van der Waals surface area contributed by atoms with E-state index in [0.717, 1.165) is 23.2 Å². The van der Waals surface area contributed by atoms with Crippen molar-refractivity contribution < 1.29 is 24.2 Å². The summed E-state index contributed by atoms with van der Waals surface area (Å²) in [4.78, 5) is 22.5. The van der Waals surface area contributed by atoms with Gasteiger partial charge in [-0.1, -0.05) is 18.2 Å². The molecule has 2 aliphatic rings. The van der Waals surface area contributed by atoms with E-state index in [-0.39, 0.29) is 18.0 Å². The Kier molecular flexibility index (Phi) is 3.68. The summed E-state index contributed by atoms with van der Waals surface area (Å²) in [5.41, 5.74) is 1.92. The third-order valence-corrected chi connectivity index (χ3v) is 4.47. The predicted molar refractivity (Wildman–Crippen MR) is 74.1 cm³/mol. The van der Waals surface area contributed by atoms with E-state index in [1.54, 1.807) is 0 Å². The maximum atomic E-state index is 11.3. The first-order valence-electron chi connectivity index (χ1n) is 7.14. The van der Waals surface area contributed by atoms with Gasteiger partial charge >= 0.3 is 5.97 Å². The molecule has 1 aromatic rings. The summed E-state index contributed by atoms with van der Waals surface area (Å²) in [7, 11) is 1.37. The zero-order valence-corrected chi connectivity index (χ0v) is 11.8. The number of aliphatic hydroxyl groups excluding tert-OH is 1. The highest BCUT2D eigenvalue weighted by Gasteiger charge is 2.49. The van der Waals surface area contributed by atoms with Crippen molar-refractivity contribution in [2.24, 2.45) is 5.92 Å².